The van der Waals surface area contributed by atoms with Crippen LogP contribution in [0.25, 0.3) is 32.9 Å². The molecule has 12 nitrogen and oxygen atoms in total. The van der Waals surface area contributed by atoms with Crippen LogP contribution in [0.1, 0.15) is 53.7 Å². The van der Waals surface area contributed by atoms with Gasteiger partial charge in [-0.25, -0.2) is 9.97 Å². The van der Waals surface area contributed by atoms with E-state index in [2.05, 4.69) is 55.3 Å². The van der Waals surface area contributed by atoms with Crippen LogP contribution in [-0.4, -0.2) is 67.4 Å². The highest BCUT2D eigenvalue weighted by Gasteiger charge is 2.39. The summed E-state index contributed by atoms with van der Waals surface area (Å²) in [4.78, 5) is 54.9. The van der Waals surface area contributed by atoms with E-state index in [4.69, 9.17) is 14.2 Å². The van der Waals surface area contributed by atoms with E-state index in [-0.39, 0.29) is 30.4 Å². The molecule has 4 aromatic heterocycles. The number of benzene rings is 2. The van der Waals surface area contributed by atoms with Crippen molar-refractivity contribution in [2.45, 2.75) is 56.9 Å². The van der Waals surface area contributed by atoms with Gasteiger partial charge in [0.1, 0.15) is 35.4 Å². The second-order valence-electron chi connectivity index (χ2n) is 13.6. The number of H-pyrrole nitrogens is 1. The minimum absolute atomic E-state index is 0.0387. The summed E-state index contributed by atoms with van der Waals surface area (Å²) < 4.78 is 18.1. The van der Waals surface area contributed by atoms with Crippen molar-refractivity contribution in [1.82, 2.24) is 30.2 Å². The number of ether oxygens (including phenoxy) is 3. The van der Waals surface area contributed by atoms with Crippen molar-refractivity contribution in [3.63, 3.8) is 0 Å². The number of nitrogens with zero attached hydrogens (tertiary/aromatic N) is 4. The van der Waals surface area contributed by atoms with E-state index in [0.717, 1.165) is 51.3 Å². The maximum Gasteiger partial charge on any atom is 0.255 e. The Morgan fingerprint density at radius 3 is 2.52 bits per heavy atom. The second-order valence-corrected chi connectivity index (χ2v) is 13.6. The van der Waals surface area contributed by atoms with E-state index in [1.165, 1.54) is 4.90 Å². The SMILES string of the molecule is O=C1CCC(N2Cc3cc(OCCC#Cc4ccc(O[C@H]5C[C@H](Oc6ccc(-c7ccc8c(c7)[nH]c7ccncc78)cn6)C5)cn4)ccc3C2=O)C(=O)N1. The lowest BCUT2D eigenvalue weighted by atomic mass is 9.92. The molecule has 1 aliphatic carbocycles. The first-order valence-electron chi connectivity index (χ1n) is 17.9. The lowest BCUT2D eigenvalue weighted by Gasteiger charge is -2.34. The molecule has 1 atom stereocenters. The molecule has 2 fully saturated rings. The number of hydrogen-bond donors (Lipinski definition) is 2. The molecule has 0 radical (unpaired) electrons. The Labute approximate surface area is 309 Å². The third-order valence-corrected chi connectivity index (χ3v) is 10.1. The number of amides is 3. The number of pyridine rings is 3. The van der Waals surface area contributed by atoms with Crippen LogP contribution in [0.3, 0.4) is 0 Å². The number of imide groups is 1. The average Bonchev–Trinajstić information content (AvgIpc) is 3.71. The molecule has 6 heterocycles. The van der Waals surface area contributed by atoms with Crippen LogP contribution in [0.2, 0.25) is 0 Å². The first kappa shape index (κ1) is 33.1. The van der Waals surface area contributed by atoms with Gasteiger partial charge in [0.05, 0.1) is 12.8 Å². The molecular formula is C42H34N6O6. The molecule has 3 amide bonds. The molecule has 6 aromatic rings. The smallest absolute Gasteiger partial charge is 0.255 e. The topological polar surface area (TPSA) is 149 Å². The number of hydrogen-bond acceptors (Lipinski definition) is 9. The molecule has 54 heavy (non-hydrogen) atoms. The molecule has 12 heteroatoms. The number of aromatic amines is 1. The van der Waals surface area contributed by atoms with E-state index in [1.807, 2.05) is 48.8 Å². The van der Waals surface area contributed by atoms with Crippen molar-refractivity contribution in [2.75, 3.05) is 6.61 Å². The van der Waals surface area contributed by atoms with Crippen molar-refractivity contribution in [3.05, 3.63) is 108 Å². The van der Waals surface area contributed by atoms with Gasteiger partial charge in [-0.15, -0.1) is 0 Å². The van der Waals surface area contributed by atoms with E-state index < -0.39 is 11.9 Å². The number of carbonyl (C=O) groups is 3. The van der Waals surface area contributed by atoms with E-state index >= 15 is 0 Å². The van der Waals surface area contributed by atoms with Crippen molar-refractivity contribution in [1.29, 1.82) is 0 Å². The fourth-order valence-corrected chi connectivity index (χ4v) is 7.16. The predicted octanol–water partition coefficient (Wildman–Crippen LogP) is 5.74. The van der Waals surface area contributed by atoms with Crippen molar-refractivity contribution < 1.29 is 28.6 Å². The van der Waals surface area contributed by atoms with Gasteiger partial charge >= 0.3 is 0 Å². The highest BCUT2D eigenvalue weighted by molar-refractivity contribution is 6.08. The van der Waals surface area contributed by atoms with Gasteiger partial charge in [0.2, 0.25) is 17.7 Å². The van der Waals surface area contributed by atoms with Gasteiger partial charge in [-0.3, -0.25) is 24.7 Å². The molecule has 268 valence electrons. The summed E-state index contributed by atoms with van der Waals surface area (Å²) in [5.41, 5.74) is 6.20. The van der Waals surface area contributed by atoms with E-state index in [0.29, 0.717) is 54.6 Å². The molecule has 1 saturated carbocycles. The molecule has 2 aliphatic heterocycles. The van der Waals surface area contributed by atoms with Gasteiger partial charge in [-0.2, -0.15) is 0 Å². The van der Waals surface area contributed by atoms with Crippen LogP contribution in [0, 0.1) is 11.8 Å². The summed E-state index contributed by atoms with van der Waals surface area (Å²) in [5, 5.41) is 4.58. The summed E-state index contributed by atoms with van der Waals surface area (Å²) in [7, 11) is 0. The molecular weight excluding hydrogens is 684 g/mol. The standard InChI is InChI=1S/C42H34N6O6/c49-39-12-11-38(41(50)47-39)48-24-27-17-29(8-10-33(27)42(48)51)52-16-2-1-3-28-6-7-30(22-44-28)53-31-19-32(20-31)54-40-13-5-26(21-45-40)25-4-9-34-35-23-43-15-14-36(35)46-37(34)18-25/h4-10,13-15,17-18,21-23,31-32,38,46H,2,11-12,16,19-20,24H2,(H,47,49,50)/t31-,32-,38?. The summed E-state index contributed by atoms with van der Waals surface area (Å²) in [6, 6.07) is 20.6. The summed E-state index contributed by atoms with van der Waals surface area (Å²) in [6.45, 7) is 0.664. The van der Waals surface area contributed by atoms with E-state index in [1.54, 1.807) is 24.5 Å². The Bertz CT molecular complexity index is 2480. The normalized spacial score (nSPS) is 19.1. The Kier molecular flexibility index (Phi) is 8.59. The number of nitrogens with one attached hydrogen (secondary N) is 2. The minimum atomic E-state index is -0.645. The van der Waals surface area contributed by atoms with Crippen LogP contribution < -0.4 is 19.5 Å². The number of carbonyl (C=O) groups excluding carboxylic acids is 3. The highest BCUT2D eigenvalue weighted by Crippen LogP contribution is 2.33. The molecule has 9 rings (SSSR count). The molecule has 1 unspecified atom stereocenters. The Morgan fingerprint density at radius 1 is 0.815 bits per heavy atom. The zero-order chi connectivity index (χ0) is 36.6. The lowest BCUT2D eigenvalue weighted by Crippen LogP contribution is -2.52. The third-order valence-electron chi connectivity index (χ3n) is 10.1. The molecule has 2 N–H and O–H groups in total. The Morgan fingerprint density at radius 2 is 1.69 bits per heavy atom. The zero-order valence-corrected chi connectivity index (χ0v) is 29.1. The molecule has 2 aromatic carbocycles. The van der Waals surface area contributed by atoms with Crippen LogP contribution >= 0.6 is 0 Å². The summed E-state index contributed by atoms with van der Waals surface area (Å²) in [6.07, 6.45) is 9.83. The highest BCUT2D eigenvalue weighted by atomic mass is 16.5. The second kappa shape index (κ2) is 14.0. The first-order valence-corrected chi connectivity index (χ1v) is 17.9. The van der Waals surface area contributed by atoms with Crippen LogP contribution in [0.5, 0.6) is 17.4 Å². The Balaban J connectivity index is 0.706. The fourth-order valence-electron chi connectivity index (χ4n) is 7.16. The minimum Gasteiger partial charge on any atom is -0.493 e. The molecule has 3 aliphatic rings. The summed E-state index contributed by atoms with van der Waals surface area (Å²) in [5.74, 6) is 7.10. The average molecular weight is 719 g/mol. The predicted molar refractivity (Wildman–Crippen MR) is 199 cm³/mol. The van der Waals surface area contributed by atoms with Gasteiger partial charge in [0.15, 0.2) is 0 Å². The fraction of sp³-hybridized carbons (Fsp3) is 0.238. The number of aromatic nitrogens is 4. The van der Waals surface area contributed by atoms with Gasteiger partial charge in [-0.1, -0.05) is 18.1 Å². The Hall–Kier alpha value is -6.74. The summed E-state index contributed by atoms with van der Waals surface area (Å²) >= 11 is 0. The molecule has 0 bridgehead atoms. The van der Waals surface area contributed by atoms with E-state index in [9.17, 15) is 14.4 Å². The van der Waals surface area contributed by atoms with Crippen molar-refractivity contribution in [2.24, 2.45) is 0 Å². The zero-order valence-electron chi connectivity index (χ0n) is 29.1. The molecule has 1 saturated heterocycles. The van der Waals surface area contributed by atoms with Crippen LogP contribution in [-0.2, 0) is 16.1 Å². The monoisotopic (exact) mass is 718 g/mol. The van der Waals surface area contributed by atoms with Gasteiger partial charge in [0, 0.05) is 89.8 Å². The quantitative estimate of drug-likeness (QED) is 0.108. The maximum atomic E-state index is 12.9. The maximum absolute atomic E-state index is 12.9. The van der Waals surface area contributed by atoms with Crippen molar-refractivity contribution in [3.8, 4) is 40.3 Å². The lowest BCUT2D eigenvalue weighted by molar-refractivity contribution is -0.136. The largest absolute Gasteiger partial charge is 0.493 e. The van der Waals surface area contributed by atoms with Crippen molar-refractivity contribution >= 4 is 39.5 Å². The van der Waals surface area contributed by atoms with Crippen LogP contribution in [0.15, 0.2) is 91.5 Å². The third kappa shape index (κ3) is 6.67. The van der Waals surface area contributed by atoms with Gasteiger partial charge < -0.3 is 24.1 Å². The van der Waals surface area contributed by atoms with Gasteiger partial charge in [-0.05, 0) is 72.0 Å². The molecule has 0 spiro atoms. The first-order chi connectivity index (χ1) is 26.4. The number of piperidine rings is 1. The number of fused-ring (bicyclic) bond motifs is 4. The number of rotatable bonds is 9. The van der Waals surface area contributed by atoms with Gasteiger partial charge in [0.25, 0.3) is 5.91 Å². The van der Waals surface area contributed by atoms with Crippen LogP contribution in [0.4, 0.5) is 0 Å².